The monoisotopic (exact) mass is 457 g/mol. The van der Waals surface area contributed by atoms with Crippen molar-refractivity contribution in [3.8, 4) is 11.6 Å². The normalized spacial score (nSPS) is 15.6. The lowest BCUT2D eigenvalue weighted by atomic mass is 9.93. The van der Waals surface area contributed by atoms with Crippen LogP contribution in [-0.4, -0.2) is 30.4 Å². The van der Waals surface area contributed by atoms with E-state index in [9.17, 15) is 9.90 Å². The Balaban J connectivity index is 2.91. The molecule has 0 aliphatic rings. The maximum absolute atomic E-state index is 12.5. The third kappa shape index (κ3) is 8.73. The van der Waals surface area contributed by atoms with Crippen molar-refractivity contribution >= 4 is 0 Å². The molecule has 0 aromatic carbocycles. The molecule has 0 spiro atoms. The number of hydrogen-bond donors (Lipinski definition) is 2. The van der Waals surface area contributed by atoms with Crippen molar-refractivity contribution in [2.24, 2.45) is 11.8 Å². The first-order valence-corrected chi connectivity index (χ1v) is 11.6. The molecule has 5 heteroatoms. The van der Waals surface area contributed by atoms with E-state index in [1.54, 1.807) is 6.92 Å². The van der Waals surface area contributed by atoms with Crippen molar-refractivity contribution in [3.05, 3.63) is 68.1 Å². The molecule has 2 atom stereocenters. The second-order valence-electron chi connectivity index (χ2n) is 9.42. The van der Waals surface area contributed by atoms with E-state index < -0.39 is 6.10 Å². The van der Waals surface area contributed by atoms with E-state index in [2.05, 4.69) is 63.9 Å². The smallest absolute Gasteiger partial charge is 0.238 e. The van der Waals surface area contributed by atoms with Crippen LogP contribution >= 0.6 is 0 Å². The number of ether oxygens (including phenoxy) is 2. The van der Waals surface area contributed by atoms with E-state index in [1.165, 1.54) is 25.4 Å². The molecule has 1 aromatic heterocycles. The van der Waals surface area contributed by atoms with Crippen LogP contribution < -0.4 is 14.9 Å². The van der Waals surface area contributed by atoms with Crippen molar-refractivity contribution in [2.45, 2.75) is 74.3 Å². The van der Waals surface area contributed by atoms with Crippen LogP contribution in [0.3, 0.4) is 0 Å². The summed E-state index contributed by atoms with van der Waals surface area (Å²) < 4.78 is 10.4. The van der Waals surface area contributed by atoms with Gasteiger partial charge >= 0.3 is 0 Å². The van der Waals surface area contributed by atoms with Gasteiger partial charge in [0.05, 0.1) is 20.3 Å². The highest BCUT2D eigenvalue weighted by Gasteiger charge is 2.15. The minimum Gasteiger partial charge on any atom is -0.488 e. The first kappa shape index (κ1) is 28.5. The molecule has 5 nitrogen and oxygen atoms in total. The number of allylic oxidation sites excluding steroid dienone is 6. The van der Waals surface area contributed by atoms with Gasteiger partial charge in [0, 0.05) is 23.6 Å². The molecule has 0 saturated heterocycles. The third-order valence-electron chi connectivity index (χ3n) is 5.65. The molecular formula is C28H43NO4. The van der Waals surface area contributed by atoms with Crippen LogP contribution in [0.15, 0.2) is 51.4 Å². The van der Waals surface area contributed by atoms with Crippen molar-refractivity contribution in [1.82, 2.24) is 4.98 Å². The van der Waals surface area contributed by atoms with Gasteiger partial charge in [0.2, 0.25) is 17.1 Å². The number of rotatable bonds is 11. The maximum Gasteiger partial charge on any atom is 0.238 e. The Morgan fingerprint density at radius 1 is 1.03 bits per heavy atom. The first-order chi connectivity index (χ1) is 15.4. The Labute approximate surface area is 199 Å². The standard InChI is InChI=1S/C28H43NO4/c1-17(2)13-21(6)25(30)22(7)16-20(5)15-19(4)14-18(3)11-12-24-23(8)26(31)27(32-9)28(29-24)33-10/h11,13,15-17,22,25,30H,12,14H2,1-10H3,(H,29,31). The summed E-state index contributed by atoms with van der Waals surface area (Å²) in [5.41, 5.74) is 5.93. The Morgan fingerprint density at radius 2 is 1.67 bits per heavy atom. The zero-order valence-corrected chi connectivity index (χ0v) is 22.1. The molecule has 0 radical (unpaired) electrons. The lowest BCUT2D eigenvalue weighted by molar-refractivity contribution is 0.172. The number of hydrogen-bond acceptors (Lipinski definition) is 4. The summed E-state index contributed by atoms with van der Waals surface area (Å²) >= 11 is 0. The molecule has 2 N–H and O–H groups in total. The van der Waals surface area contributed by atoms with Gasteiger partial charge in [-0.2, -0.15) is 0 Å². The lowest BCUT2D eigenvalue weighted by Gasteiger charge is -2.18. The topological polar surface area (TPSA) is 71.5 Å². The maximum atomic E-state index is 12.5. The number of pyridine rings is 1. The van der Waals surface area contributed by atoms with Crippen molar-refractivity contribution in [3.63, 3.8) is 0 Å². The summed E-state index contributed by atoms with van der Waals surface area (Å²) in [6.45, 7) is 16.4. The minimum absolute atomic E-state index is 0.0468. The zero-order valence-electron chi connectivity index (χ0n) is 22.1. The van der Waals surface area contributed by atoms with Gasteiger partial charge in [0.1, 0.15) is 0 Å². The SMILES string of the molecule is COc1[nH]c(CC=C(C)CC(C)=CC(C)=CC(C)C(O)C(C)=CC(C)C)c(C)c(=O)c1OC. The van der Waals surface area contributed by atoms with Gasteiger partial charge in [-0.3, -0.25) is 4.79 Å². The summed E-state index contributed by atoms with van der Waals surface area (Å²) in [4.78, 5) is 15.7. The summed E-state index contributed by atoms with van der Waals surface area (Å²) in [5, 5.41) is 10.6. The largest absolute Gasteiger partial charge is 0.488 e. The zero-order chi connectivity index (χ0) is 25.3. The second kappa shape index (κ2) is 13.2. The number of aromatic nitrogens is 1. The Morgan fingerprint density at radius 3 is 2.21 bits per heavy atom. The van der Waals surface area contributed by atoms with Gasteiger partial charge in [0.15, 0.2) is 0 Å². The average molecular weight is 458 g/mol. The number of aromatic amines is 1. The number of aliphatic hydroxyl groups is 1. The van der Waals surface area contributed by atoms with Crippen LogP contribution in [0.1, 0.15) is 66.1 Å². The fourth-order valence-electron chi connectivity index (χ4n) is 4.05. The predicted molar refractivity (Wildman–Crippen MR) is 138 cm³/mol. The van der Waals surface area contributed by atoms with E-state index in [0.717, 1.165) is 23.3 Å². The van der Waals surface area contributed by atoms with E-state index in [-0.39, 0.29) is 17.1 Å². The molecule has 1 heterocycles. The molecule has 0 aliphatic carbocycles. The van der Waals surface area contributed by atoms with Crippen LogP contribution in [0.5, 0.6) is 11.6 Å². The van der Waals surface area contributed by atoms with Crippen molar-refractivity contribution < 1.29 is 14.6 Å². The molecule has 0 saturated carbocycles. The molecule has 0 fully saturated rings. The minimum atomic E-state index is -0.468. The van der Waals surface area contributed by atoms with Crippen LogP contribution in [-0.2, 0) is 6.42 Å². The molecule has 0 aliphatic heterocycles. The first-order valence-electron chi connectivity index (χ1n) is 11.6. The van der Waals surface area contributed by atoms with Gasteiger partial charge in [-0.25, -0.2) is 0 Å². The fourth-order valence-corrected chi connectivity index (χ4v) is 4.05. The van der Waals surface area contributed by atoms with Crippen LogP contribution in [0.25, 0.3) is 0 Å². The number of methoxy groups -OCH3 is 2. The van der Waals surface area contributed by atoms with Gasteiger partial charge in [0.25, 0.3) is 0 Å². The van der Waals surface area contributed by atoms with Gasteiger partial charge in [-0.15, -0.1) is 0 Å². The fraction of sp³-hybridized carbons (Fsp3) is 0.536. The summed E-state index contributed by atoms with van der Waals surface area (Å²) in [7, 11) is 2.98. The average Bonchev–Trinajstić information content (AvgIpc) is 2.72. The third-order valence-corrected chi connectivity index (χ3v) is 5.65. The van der Waals surface area contributed by atoms with Gasteiger partial charge in [-0.1, -0.05) is 61.8 Å². The quantitative estimate of drug-likeness (QED) is 0.312. The van der Waals surface area contributed by atoms with E-state index in [1.807, 2.05) is 13.8 Å². The van der Waals surface area contributed by atoms with E-state index in [4.69, 9.17) is 9.47 Å². The van der Waals surface area contributed by atoms with E-state index in [0.29, 0.717) is 23.8 Å². The molecule has 184 valence electrons. The molecular weight excluding hydrogens is 414 g/mol. The summed E-state index contributed by atoms with van der Waals surface area (Å²) in [5.74, 6) is 1.02. The summed E-state index contributed by atoms with van der Waals surface area (Å²) in [6.07, 6.45) is 9.53. The number of H-pyrrole nitrogens is 1. The Hall–Kier alpha value is -2.53. The molecule has 33 heavy (non-hydrogen) atoms. The molecule has 1 aromatic rings. The van der Waals surface area contributed by atoms with Crippen molar-refractivity contribution in [1.29, 1.82) is 0 Å². The van der Waals surface area contributed by atoms with Crippen LogP contribution in [0.2, 0.25) is 0 Å². The van der Waals surface area contributed by atoms with E-state index >= 15 is 0 Å². The molecule has 0 bridgehead atoms. The molecule has 1 rings (SSSR count). The highest BCUT2D eigenvalue weighted by atomic mass is 16.5. The van der Waals surface area contributed by atoms with Gasteiger partial charge in [-0.05, 0) is 52.5 Å². The summed E-state index contributed by atoms with van der Waals surface area (Å²) in [6, 6.07) is 0. The van der Waals surface area contributed by atoms with Crippen molar-refractivity contribution in [2.75, 3.05) is 14.2 Å². The second-order valence-corrected chi connectivity index (χ2v) is 9.42. The molecule has 2 unspecified atom stereocenters. The molecule has 0 amide bonds. The Bertz CT molecular complexity index is 976. The lowest BCUT2D eigenvalue weighted by Crippen LogP contribution is -2.17. The highest BCUT2D eigenvalue weighted by Crippen LogP contribution is 2.23. The predicted octanol–water partition coefficient (Wildman–Crippen LogP) is 6.07. The van der Waals surface area contributed by atoms with Crippen LogP contribution in [0, 0.1) is 18.8 Å². The van der Waals surface area contributed by atoms with Crippen LogP contribution in [0.4, 0.5) is 0 Å². The number of nitrogens with one attached hydrogen (secondary N) is 1. The highest BCUT2D eigenvalue weighted by molar-refractivity contribution is 5.40. The Kier molecular flexibility index (Phi) is 11.4. The van der Waals surface area contributed by atoms with Gasteiger partial charge < -0.3 is 19.6 Å². The number of aliphatic hydroxyl groups excluding tert-OH is 1.